The minimum atomic E-state index is -0.281. The summed E-state index contributed by atoms with van der Waals surface area (Å²) in [5.41, 5.74) is 2.85. The lowest BCUT2D eigenvalue weighted by molar-refractivity contribution is -0.111. The lowest BCUT2D eigenvalue weighted by Gasteiger charge is -2.11. The summed E-state index contributed by atoms with van der Waals surface area (Å²) < 4.78 is 1.74. The molecular formula is C21H20N4O2. The Morgan fingerprint density at radius 2 is 1.85 bits per heavy atom. The van der Waals surface area contributed by atoms with Crippen LogP contribution in [0.3, 0.4) is 0 Å². The van der Waals surface area contributed by atoms with E-state index in [1.165, 1.54) is 11.0 Å². The van der Waals surface area contributed by atoms with Crippen molar-refractivity contribution in [2.45, 2.75) is 0 Å². The molecule has 0 saturated heterocycles. The quantitative estimate of drug-likeness (QED) is 0.711. The molecule has 6 heteroatoms. The normalized spacial score (nSPS) is 10.7. The zero-order valence-corrected chi connectivity index (χ0v) is 15.2. The van der Waals surface area contributed by atoms with Crippen LogP contribution in [0, 0.1) is 0 Å². The standard InChI is InChI=1S/C21H20N4O2/c1-24(2)21(27)17-7-6-8-18(13-17)23-20(26)12-11-16-14-22-25(15-16)19-9-4-3-5-10-19/h3-15H,1-2H3,(H,23,26)/b12-11+. The molecule has 0 atom stereocenters. The van der Waals surface area contributed by atoms with E-state index in [-0.39, 0.29) is 11.8 Å². The maximum Gasteiger partial charge on any atom is 0.253 e. The molecule has 2 amide bonds. The van der Waals surface area contributed by atoms with E-state index >= 15 is 0 Å². The Hall–Kier alpha value is -3.67. The molecule has 3 rings (SSSR count). The molecule has 0 aliphatic carbocycles. The molecule has 0 unspecified atom stereocenters. The summed E-state index contributed by atoms with van der Waals surface area (Å²) in [6, 6.07) is 16.6. The molecule has 0 fully saturated rings. The lowest BCUT2D eigenvalue weighted by Crippen LogP contribution is -2.21. The van der Waals surface area contributed by atoms with Crippen molar-refractivity contribution in [1.82, 2.24) is 14.7 Å². The molecule has 0 spiro atoms. The highest BCUT2D eigenvalue weighted by atomic mass is 16.2. The number of amides is 2. The van der Waals surface area contributed by atoms with Crippen LogP contribution in [-0.2, 0) is 4.79 Å². The van der Waals surface area contributed by atoms with Gasteiger partial charge in [0.05, 0.1) is 11.9 Å². The first-order valence-electron chi connectivity index (χ1n) is 8.44. The van der Waals surface area contributed by atoms with Crippen molar-refractivity contribution in [2.75, 3.05) is 19.4 Å². The fourth-order valence-corrected chi connectivity index (χ4v) is 2.49. The Morgan fingerprint density at radius 3 is 2.59 bits per heavy atom. The molecule has 0 aliphatic rings. The van der Waals surface area contributed by atoms with Gasteiger partial charge in [0.1, 0.15) is 0 Å². The molecule has 27 heavy (non-hydrogen) atoms. The Balaban J connectivity index is 1.65. The molecule has 2 aromatic carbocycles. The molecular weight excluding hydrogens is 340 g/mol. The number of hydrogen-bond acceptors (Lipinski definition) is 3. The van der Waals surface area contributed by atoms with E-state index < -0.39 is 0 Å². The number of anilines is 1. The molecule has 0 saturated carbocycles. The second-order valence-electron chi connectivity index (χ2n) is 6.16. The Morgan fingerprint density at radius 1 is 1.07 bits per heavy atom. The van der Waals surface area contributed by atoms with Gasteiger partial charge in [-0.05, 0) is 36.4 Å². The maximum atomic E-state index is 12.2. The van der Waals surface area contributed by atoms with Gasteiger partial charge in [0.15, 0.2) is 0 Å². The summed E-state index contributed by atoms with van der Waals surface area (Å²) in [6.45, 7) is 0. The van der Waals surface area contributed by atoms with Crippen LogP contribution in [0.15, 0.2) is 73.1 Å². The monoisotopic (exact) mass is 360 g/mol. The number of nitrogens with zero attached hydrogens (tertiary/aromatic N) is 3. The van der Waals surface area contributed by atoms with Crippen LogP contribution >= 0.6 is 0 Å². The number of nitrogens with one attached hydrogen (secondary N) is 1. The summed E-state index contributed by atoms with van der Waals surface area (Å²) in [4.78, 5) is 25.7. The third-order valence-corrected chi connectivity index (χ3v) is 3.83. The molecule has 136 valence electrons. The first-order valence-corrected chi connectivity index (χ1v) is 8.44. The summed E-state index contributed by atoms with van der Waals surface area (Å²) in [7, 11) is 3.37. The van der Waals surface area contributed by atoms with Gasteiger partial charge >= 0.3 is 0 Å². The maximum absolute atomic E-state index is 12.2. The van der Waals surface area contributed by atoms with Crippen molar-refractivity contribution < 1.29 is 9.59 Å². The van der Waals surface area contributed by atoms with Gasteiger partial charge in [0.25, 0.3) is 5.91 Å². The Bertz CT molecular complexity index is 975. The first-order chi connectivity index (χ1) is 13.0. The summed E-state index contributed by atoms with van der Waals surface area (Å²) in [5, 5.41) is 7.05. The van der Waals surface area contributed by atoms with Gasteiger partial charge in [-0.25, -0.2) is 4.68 Å². The number of carbonyl (C=O) groups is 2. The van der Waals surface area contributed by atoms with Crippen LogP contribution in [0.5, 0.6) is 0 Å². The number of aromatic nitrogens is 2. The molecule has 3 aromatic rings. The Kier molecular flexibility index (Phi) is 5.47. The topological polar surface area (TPSA) is 67.2 Å². The minimum Gasteiger partial charge on any atom is -0.345 e. The molecule has 0 bridgehead atoms. The van der Waals surface area contributed by atoms with E-state index in [1.807, 2.05) is 36.5 Å². The van der Waals surface area contributed by atoms with Gasteiger partial charge in [-0.3, -0.25) is 9.59 Å². The summed E-state index contributed by atoms with van der Waals surface area (Å²) in [5.74, 6) is -0.396. The molecule has 0 radical (unpaired) electrons. The smallest absolute Gasteiger partial charge is 0.253 e. The Labute approximate surface area is 157 Å². The number of carbonyl (C=O) groups excluding carboxylic acids is 2. The van der Waals surface area contributed by atoms with E-state index in [1.54, 1.807) is 55.3 Å². The SMILES string of the molecule is CN(C)C(=O)c1cccc(NC(=O)/C=C/c2cnn(-c3ccccc3)c2)c1. The van der Waals surface area contributed by atoms with Crippen LogP contribution in [0.4, 0.5) is 5.69 Å². The van der Waals surface area contributed by atoms with E-state index in [0.29, 0.717) is 11.3 Å². The van der Waals surface area contributed by atoms with Gasteiger partial charge in [-0.2, -0.15) is 5.10 Å². The number of rotatable bonds is 5. The van der Waals surface area contributed by atoms with Gasteiger partial charge < -0.3 is 10.2 Å². The third kappa shape index (κ3) is 4.70. The van der Waals surface area contributed by atoms with Crippen LogP contribution in [0.1, 0.15) is 15.9 Å². The second kappa shape index (κ2) is 8.14. The van der Waals surface area contributed by atoms with Crippen molar-refractivity contribution in [2.24, 2.45) is 0 Å². The molecule has 1 aromatic heterocycles. The minimum absolute atomic E-state index is 0.116. The van der Waals surface area contributed by atoms with Crippen molar-refractivity contribution in [3.8, 4) is 5.69 Å². The van der Waals surface area contributed by atoms with Crippen molar-refractivity contribution >= 4 is 23.6 Å². The third-order valence-electron chi connectivity index (χ3n) is 3.83. The van der Waals surface area contributed by atoms with Crippen LogP contribution < -0.4 is 5.32 Å². The van der Waals surface area contributed by atoms with Crippen LogP contribution in [0.2, 0.25) is 0 Å². The van der Waals surface area contributed by atoms with Gasteiger partial charge in [0.2, 0.25) is 5.91 Å². The number of hydrogen-bond donors (Lipinski definition) is 1. The predicted molar refractivity (Wildman–Crippen MR) is 106 cm³/mol. The van der Waals surface area contributed by atoms with Crippen molar-refractivity contribution in [3.05, 3.63) is 84.2 Å². The predicted octanol–water partition coefficient (Wildman–Crippen LogP) is 3.23. The van der Waals surface area contributed by atoms with Crippen molar-refractivity contribution in [1.29, 1.82) is 0 Å². The van der Waals surface area contributed by atoms with E-state index in [9.17, 15) is 9.59 Å². The van der Waals surface area contributed by atoms with Gasteiger partial charge in [-0.1, -0.05) is 24.3 Å². The molecule has 6 nitrogen and oxygen atoms in total. The molecule has 1 N–H and O–H groups in total. The van der Waals surface area contributed by atoms with Crippen LogP contribution in [-0.4, -0.2) is 40.6 Å². The highest BCUT2D eigenvalue weighted by Gasteiger charge is 2.08. The first kappa shape index (κ1) is 18.1. The van der Waals surface area contributed by atoms with Crippen molar-refractivity contribution in [3.63, 3.8) is 0 Å². The van der Waals surface area contributed by atoms with Gasteiger partial charge in [0, 0.05) is 43.2 Å². The fourth-order valence-electron chi connectivity index (χ4n) is 2.49. The van der Waals surface area contributed by atoms with Crippen LogP contribution in [0.25, 0.3) is 11.8 Å². The van der Waals surface area contributed by atoms with E-state index in [0.717, 1.165) is 11.3 Å². The fraction of sp³-hybridized carbons (Fsp3) is 0.0952. The van der Waals surface area contributed by atoms with E-state index in [2.05, 4.69) is 10.4 Å². The van der Waals surface area contributed by atoms with Gasteiger partial charge in [-0.15, -0.1) is 0 Å². The average molecular weight is 360 g/mol. The zero-order chi connectivity index (χ0) is 19.2. The highest BCUT2D eigenvalue weighted by Crippen LogP contribution is 2.13. The second-order valence-corrected chi connectivity index (χ2v) is 6.16. The van der Waals surface area contributed by atoms with E-state index in [4.69, 9.17) is 0 Å². The largest absolute Gasteiger partial charge is 0.345 e. The number of para-hydroxylation sites is 1. The summed E-state index contributed by atoms with van der Waals surface area (Å²) in [6.07, 6.45) is 6.66. The highest BCUT2D eigenvalue weighted by molar-refractivity contribution is 6.03. The average Bonchev–Trinajstić information content (AvgIpc) is 3.16. The lowest BCUT2D eigenvalue weighted by atomic mass is 10.2. The molecule has 0 aliphatic heterocycles. The summed E-state index contributed by atoms with van der Waals surface area (Å²) >= 11 is 0. The molecule has 1 heterocycles. The number of benzene rings is 2. The zero-order valence-electron chi connectivity index (χ0n) is 15.2.